The third-order valence-electron chi connectivity index (χ3n) is 2.28. The number of rotatable bonds is 5. The number of aromatic nitrogens is 1. The van der Waals surface area contributed by atoms with Crippen LogP contribution in [0.15, 0.2) is 18.3 Å². The molecule has 3 nitrogen and oxygen atoms in total. The van der Waals surface area contributed by atoms with Crippen molar-refractivity contribution >= 4 is 0 Å². The molecule has 1 rings (SSSR count). The summed E-state index contributed by atoms with van der Waals surface area (Å²) < 4.78 is 5.62. The molecule has 0 aliphatic heterocycles. The fourth-order valence-corrected chi connectivity index (χ4v) is 1.14. The molecule has 1 heterocycles. The summed E-state index contributed by atoms with van der Waals surface area (Å²) in [6.45, 7) is 5.26. The van der Waals surface area contributed by atoms with Crippen molar-refractivity contribution in [2.75, 3.05) is 0 Å². The Hall–Kier alpha value is -0.930. The standard InChI is InChI=1S/C11H18N2O/c1-3-9(2)14-8-10-5-4-6-13-11(10)7-12/h4-6,9H,3,7-8,12H2,1-2H3. The van der Waals surface area contributed by atoms with Crippen LogP contribution in [0.25, 0.3) is 0 Å². The van der Waals surface area contributed by atoms with E-state index in [1.165, 1.54) is 0 Å². The normalized spacial score (nSPS) is 12.8. The summed E-state index contributed by atoms with van der Waals surface area (Å²) in [4.78, 5) is 4.20. The lowest BCUT2D eigenvalue weighted by atomic mass is 10.2. The minimum absolute atomic E-state index is 0.292. The molecule has 2 N–H and O–H groups in total. The van der Waals surface area contributed by atoms with E-state index < -0.39 is 0 Å². The minimum Gasteiger partial charge on any atom is -0.374 e. The highest BCUT2D eigenvalue weighted by molar-refractivity contribution is 5.18. The predicted octanol–water partition coefficient (Wildman–Crippen LogP) is 1.86. The SMILES string of the molecule is CCC(C)OCc1cccnc1CN. The van der Waals surface area contributed by atoms with Crippen molar-refractivity contribution in [3.05, 3.63) is 29.6 Å². The van der Waals surface area contributed by atoms with Crippen LogP contribution in [0.2, 0.25) is 0 Å². The highest BCUT2D eigenvalue weighted by atomic mass is 16.5. The van der Waals surface area contributed by atoms with E-state index >= 15 is 0 Å². The zero-order chi connectivity index (χ0) is 10.4. The van der Waals surface area contributed by atoms with Crippen LogP contribution < -0.4 is 5.73 Å². The molecule has 1 aromatic heterocycles. The Bertz CT molecular complexity index is 276. The number of ether oxygens (including phenoxy) is 1. The summed E-state index contributed by atoms with van der Waals surface area (Å²) in [5.41, 5.74) is 7.59. The first-order valence-electron chi connectivity index (χ1n) is 5.02. The monoisotopic (exact) mass is 194 g/mol. The van der Waals surface area contributed by atoms with Crippen LogP contribution in [0.4, 0.5) is 0 Å². The van der Waals surface area contributed by atoms with Crippen molar-refractivity contribution in [2.45, 2.75) is 39.5 Å². The second-order valence-corrected chi connectivity index (χ2v) is 3.34. The van der Waals surface area contributed by atoms with E-state index in [9.17, 15) is 0 Å². The average molecular weight is 194 g/mol. The lowest BCUT2D eigenvalue weighted by Crippen LogP contribution is -2.10. The first-order valence-corrected chi connectivity index (χ1v) is 5.02. The molecule has 1 atom stereocenters. The van der Waals surface area contributed by atoms with Crippen LogP contribution >= 0.6 is 0 Å². The van der Waals surface area contributed by atoms with E-state index in [1.807, 2.05) is 12.1 Å². The van der Waals surface area contributed by atoms with Crippen LogP contribution in [0.5, 0.6) is 0 Å². The minimum atomic E-state index is 0.292. The third-order valence-corrected chi connectivity index (χ3v) is 2.28. The predicted molar refractivity (Wildman–Crippen MR) is 56.7 cm³/mol. The smallest absolute Gasteiger partial charge is 0.0738 e. The fourth-order valence-electron chi connectivity index (χ4n) is 1.14. The molecule has 14 heavy (non-hydrogen) atoms. The van der Waals surface area contributed by atoms with Gasteiger partial charge in [-0.15, -0.1) is 0 Å². The van der Waals surface area contributed by atoms with Gasteiger partial charge < -0.3 is 10.5 Å². The summed E-state index contributed by atoms with van der Waals surface area (Å²) in [5.74, 6) is 0. The van der Waals surface area contributed by atoms with Gasteiger partial charge in [0.05, 0.1) is 18.4 Å². The van der Waals surface area contributed by atoms with E-state index in [0.29, 0.717) is 19.3 Å². The van der Waals surface area contributed by atoms with Crippen molar-refractivity contribution in [2.24, 2.45) is 5.73 Å². The van der Waals surface area contributed by atoms with Crippen molar-refractivity contribution in [1.82, 2.24) is 4.98 Å². The number of pyridine rings is 1. The molecular weight excluding hydrogens is 176 g/mol. The van der Waals surface area contributed by atoms with Gasteiger partial charge in [0, 0.05) is 18.3 Å². The molecule has 0 aromatic carbocycles. The van der Waals surface area contributed by atoms with Gasteiger partial charge in [-0.2, -0.15) is 0 Å². The first kappa shape index (κ1) is 11.1. The van der Waals surface area contributed by atoms with E-state index in [1.54, 1.807) is 6.20 Å². The fraction of sp³-hybridized carbons (Fsp3) is 0.545. The van der Waals surface area contributed by atoms with Crippen LogP contribution in [0.1, 0.15) is 31.5 Å². The molecule has 0 bridgehead atoms. The van der Waals surface area contributed by atoms with Crippen LogP contribution in [0, 0.1) is 0 Å². The molecule has 0 amide bonds. The molecule has 1 aromatic rings. The summed E-state index contributed by atoms with van der Waals surface area (Å²) in [7, 11) is 0. The molecule has 0 radical (unpaired) electrons. The maximum absolute atomic E-state index is 5.62. The summed E-state index contributed by atoms with van der Waals surface area (Å²) >= 11 is 0. The largest absolute Gasteiger partial charge is 0.374 e. The molecular formula is C11H18N2O. The van der Waals surface area contributed by atoms with Gasteiger partial charge in [-0.05, 0) is 19.4 Å². The summed E-state index contributed by atoms with van der Waals surface area (Å²) in [5, 5.41) is 0. The van der Waals surface area contributed by atoms with E-state index in [0.717, 1.165) is 17.7 Å². The maximum Gasteiger partial charge on any atom is 0.0738 e. The number of nitrogens with zero attached hydrogens (tertiary/aromatic N) is 1. The molecule has 0 fully saturated rings. The third kappa shape index (κ3) is 3.09. The molecule has 0 spiro atoms. The van der Waals surface area contributed by atoms with Gasteiger partial charge in [0.25, 0.3) is 0 Å². The van der Waals surface area contributed by atoms with Crippen LogP contribution in [0.3, 0.4) is 0 Å². The Morgan fingerprint density at radius 2 is 2.36 bits per heavy atom. The quantitative estimate of drug-likeness (QED) is 0.778. The Balaban J connectivity index is 2.57. The second kappa shape index (κ2) is 5.73. The van der Waals surface area contributed by atoms with Gasteiger partial charge in [-0.25, -0.2) is 0 Å². The lowest BCUT2D eigenvalue weighted by molar-refractivity contribution is 0.0503. The Morgan fingerprint density at radius 1 is 1.57 bits per heavy atom. The Kier molecular flexibility index (Phi) is 4.56. The van der Waals surface area contributed by atoms with Crippen molar-refractivity contribution in [3.8, 4) is 0 Å². The first-order chi connectivity index (χ1) is 6.77. The molecule has 0 aliphatic carbocycles. The van der Waals surface area contributed by atoms with Gasteiger partial charge in [0.2, 0.25) is 0 Å². The zero-order valence-corrected chi connectivity index (χ0v) is 8.86. The van der Waals surface area contributed by atoms with Gasteiger partial charge in [0.15, 0.2) is 0 Å². The van der Waals surface area contributed by atoms with Gasteiger partial charge in [-0.1, -0.05) is 13.0 Å². The highest BCUT2D eigenvalue weighted by Crippen LogP contribution is 2.08. The van der Waals surface area contributed by atoms with Crippen molar-refractivity contribution in [3.63, 3.8) is 0 Å². The molecule has 0 saturated heterocycles. The number of nitrogens with two attached hydrogens (primary N) is 1. The molecule has 78 valence electrons. The van der Waals surface area contributed by atoms with Gasteiger partial charge in [-0.3, -0.25) is 4.98 Å². The van der Waals surface area contributed by atoms with E-state index in [-0.39, 0.29) is 0 Å². The maximum atomic E-state index is 5.62. The zero-order valence-electron chi connectivity index (χ0n) is 8.86. The number of hydrogen-bond acceptors (Lipinski definition) is 3. The van der Waals surface area contributed by atoms with Crippen LogP contribution in [-0.4, -0.2) is 11.1 Å². The average Bonchev–Trinajstić information content (AvgIpc) is 2.26. The van der Waals surface area contributed by atoms with E-state index in [2.05, 4.69) is 18.8 Å². The number of hydrogen-bond donors (Lipinski definition) is 1. The Morgan fingerprint density at radius 3 is 3.00 bits per heavy atom. The van der Waals surface area contributed by atoms with E-state index in [4.69, 9.17) is 10.5 Å². The van der Waals surface area contributed by atoms with Gasteiger partial charge in [0.1, 0.15) is 0 Å². The second-order valence-electron chi connectivity index (χ2n) is 3.34. The van der Waals surface area contributed by atoms with Crippen molar-refractivity contribution < 1.29 is 4.74 Å². The Labute approximate surface area is 85.3 Å². The molecule has 0 aliphatic rings. The van der Waals surface area contributed by atoms with Crippen molar-refractivity contribution in [1.29, 1.82) is 0 Å². The molecule has 0 saturated carbocycles. The van der Waals surface area contributed by atoms with Gasteiger partial charge >= 0.3 is 0 Å². The van der Waals surface area contributed by atoms with Crippen LogP contribution in [-0.2, 0) is 17.9 Å². The molecule has 1 unspecified atom stereocenters. The summed E-state index contributed by atoms with van der Waals surface area (Å²) in [6, 6.07) is 3.92. The molecule has 3 heteroatoms. The topological polar surface area (TPSA) is 48.1 Å². The summed E-state index contributed by atoms with van der Waals surface area (Å²) in [6.07, 6.45) is 3.08. The lowest BCUT2D eigenvalue weighted by Gasteiger charge is -2.12. The highest BCUT2D eigenvalue weighted by Gasteiger charge is 2.03.